The van der Waals surface area contributed by atoms with Gasteiger partial charge in [-0.2, -0.15) is 0 Å². The van der Waals surface area contributed by atoms with Gasteiger partial charge in [0.15, 0.2) is 0 Å². The van der Waals surface area contributed by atoms with Gasteiger partial charge in [-0.1, -0.05) is 26.7 Å². The smallest absolute Gasteiger partial charge is 0.0443 e. The maximum atomic E-state index is 9.00. The maximum absolute atomic E-state index is 9.00. The largest absolute Gasteiger partial charge is 0.396 e. The highest BCUT2D eigenvalue weighted by Gasteiger charge is 2.31. The van der Waals surface area contributed by atoms with Crippen LogP contribution >= 0.6 is 0 Å². The van der Waals surface area contributed by atoms with E-state index >= 15 is 0 Å². The summed E-state index contributed by atoms with van der Waals surface area (Å²) >= 11 is 0. The highest BCUT2D eigenvalue weighted by atomic mass is 16.3. The van der Waals surface area contributed by atoms with Crippen molar-refractivity contribution in [2.45, 2.75) is 58.4 Å². The predicted octanol–water partition coefficient (Wildman–Crippen LogP) is 1.99. The van der Waals surface area contributed by atoms with E-state index in [0.29, 0.717) is 6.61 Å². The fourth-order valence-electron chi connectivity index (χ4n) is 2.76. The summed E-state index contributed by atoms with van der Waals surface area (Å²) in [5, 5.41) is 9.00. The first-order valence-electron chi connectivity index (χ1n) is 7.20. The van der Waals surface area contributed by atoms with E-state index in [4.69, 9.17) is 10.8 Å². The lowest BCUT2D eigenvalue weighted by molar-refractivity contribution is 0.0678. The number of rotatable bonds is 9. The molecule has 0 aromatic heterocycles. The van der Waals surface area contributed by atoms with Crippen LogP contribution in [-0.2, 0) is 0 Å². The van der Waals surface area contributed by atoms with E-state index in [1.165, 1.54) is 32.1 Å². The van der Waals surface area contributed by atoms with E-state index < -0.39 is 0 Å². The van der Waals surface area contributed by atoms with Gasteiger partial charge in [0.05, 0.1) is 0 Å². The zero-order chi connectivity index (χ0) is 12.7. The first kappa shape index (κ1) is 14.9. The monoisotopic (exact) mass is 242 g/mol. The molecule has 0 aliphatic heterocycles. The van der Waals surface area contributed by atoms with Crippen molar-refractivity contribution in [1.29, 1.82) is 0 Å². The van der Waals surface area contributed by atoms with Crippen molar-refractivity contribution in [2.24, 2.45) is 11.1 Å². The van der Waals surface area contributed by atoms with E-state index in [2.05, 4.69) is 18.7 Å². The van der Waals surface area contributed by atoms with Crippen LogP contribution < -0.4 is 5.73 Å². The Hall–Kier alpha value is -0.120. The molecule has 0 heterocycles. The number of nitrogens with two attached hydrogens (primary N) is 1. The zero-order valence-corrected chi connectivity index (χ0v) is 11.6. The van der Waals surface area contributed by atoms with Gasteiger partial charge in [-0.3, -0.25) is 4.90 Å². The summed E-state index contributed by atoms with van der Waals surface area (Å²) in [7, 11) is 0. The van der Waals surface area contributed by atoms with E-state index in [0.717, 1.165) is 32.1 Å². The topological polar surface area (TPSA) is 49.5 Å². The fraction of sp³-hybridized carbons (Fsp3) is 1.00. The lowest BCUT2D eigenvalue weighted by atomic mass is 9.82. The van der Waals surface area contributed by atoms with E-state index in [-0.39, 0.29) is 5.41 Å². The second kappa shape index (κ2) is 7.34. The van der Waals surface area contributed by atoms with Gasteiger partial charge in [0, 0.05) is 25.7 Å². The van der Waals surface area contributed by atoms with Crippen molar-refractivity contribution in [3.05, 3.63) is 0 Å². The summed E-state index contributed by atoms with van der Waals surface area (Å²) in [6.07, 6.45) is 7.32. The van der Waals surface area contributed by atoms with Crippen LogP contribution in [0, 0.1) is 5.41 Å². The maximum Gasteiger partial charge on any atom is 0.0443 e. The normalized spacial score (nSPS) is 20.3. The van der Waals surface area contributed by atoms with Gasteiger partial charge in [-0.05, 0) is 37.6 Å². The highest BCUT2D eigenvalue weighted by molar-refractivity contribution is 4.86. The molecule has 1 fully saturated rings. The molecule has 3 heteroatoms. The molecule has 0 aromatic rings. The van der Waals surface area contributed by atoms with Crippen LogP contribution in [0.5, 0.6) is 0 Å². The number of aliphatic hydroxyl groups excluding tert-OH is 1. The predicted molar refractivity (Wildman–Crippen MR) is 73.0 cm³/mol. The summed E-state index contributed by atoms with van der Waals surface area (Å²) < 4.78 is 0. The van der Waals surface area contributed by atoms with Crippen LogP contribution in [0.4, 0.5) is 0 Å². The summed E-state index contributed by atoms with van der Waals surface area (Å²) in [4.78, 5) is 2.57. The minimum absolute atomic E-state index is 0.250. The number of hydrogen-bond acceptors (Lipinski definition) is 3. The van der Waals surface area contributed by atoms with E-state index in [1.54, 1.807) is 0 Å². The van der Waals surface area contributed by atoms with Gasteiger partial charge in [-0.15, -0.1) is 0 Å². The van der Waals surface area contributed by atoms with Gasteiger partial charge in [-0.25, -0.2) is 0 Å². The molecular formula is C14H30N2O. The molecule has 1 saturated carbocycles. The Morgan fingerprint density at radius 2 is 2.12 bits per heavy atom. The van der Waals surface area contributed by atoms with Gasteiger partial charge < -0.3 is 10.8 Å². The molecule has 1 rings (SSSR count). The second-order valence-corrected chi connectivity index (χ2v) is 5.90. The fourth-order valence-corrected chi connectivity index (χ4v) is 2.76. The Morgan fingerprint density at radius 3 is 2.53 bits per heavy atom. The molecule has 1 aliphatic carbocycles. The third kappa shape index (κ3) is 4.57. The molecule has 102 valence electrons. The van der Waals surface area contributed by atoms with Crippen molar-refractivity contribution in [3.63, 3.8) is 0 Å². The first-order chi connectivity index (χ1) is 8.15. The quantitative estimate of drug-likeness (QED) is 0.650. The lowest BCUT2D eigenvalue weighted by Crippen LogP contribution is -2.48. The molecule has 0 saturated heterocycles. The molecule has 1 atom stereocenters. The Morgan fingerprint density at radius 1 is 1.41 bits per heavy atom. The summed E-state index contributed by atoms with van der Waals surface area (Å²) in [5.74, 6) is 0. The molecule has 17 heavy (non-hydrogen) atoms. The van der Waals surface area contributed by atoms with Crippen molar-refractivity contribution in [2.75, 3.05) is 26.2 Å². The third-order valence-electron chi connectivity index (χ3n) is 4.13. The molecule has 3 N–H and O–H groups in total. The Bertz CT molecular complexity index is 206. The van der Waals surface area contributed by atoms with Crippen LogP contribution in [0.2, 0.25) is 0 Å². The SMILES string of the molecule is CCCC(C)(CN)CN(CCCO)C1CCC1. The summed E-state index contributed by atoms with van der Waals surface area (Å²) in [6, 6.07) is 0.754. The standard InChI is InChI=1S/C14H30N2O/c1-3-8-14(2,11-15)12-16(9-5-10-17)13-6-4-7-13/h13,17H,3-12,15H2,1-2H3. The third-order valence-corrected chi connectivity index (χ3v) is 4.13. The minimum atomic E-state index is 0.250. The average molecular weight is 242 g/mol. The van der Waals surface area contributed by atoms with Gasteiger partial charge in [0.2, 0.25) is 0 Å². The van der Waals surface area contributed by atoms with Crippen LogP contribution in [-0.4, -0.2) is 42.3 Å². The molecule has 3 nitrogen and oxygen atoms in total. The van der Waals surface area contributed by atoms with Crippen LogP contribution in [0.15, 0.2) is 0 Å². The van der Waals surface area contributed by atoms with Crippen molar-refractivity contribution in [1.82, 2.24) is 4.90 Å². The first-order valence-corrected chi connectivity index (χ1v) is 7.20. The molecule has 0 aromatic carbocycles. The number of aliphatic hydroxyl groups is 1. The Balaban J connectivity index is 2.49. The summed E-state index contributed by atoms with van der Waals surface area (Å²) in [6.45, 7) is 7.73. The zero-order valence-electron chi connectivity index (χ0n) is 11.6. The molecule has 1 unspecified atom stereocenters. The highest BCUT2D eigenvalue weighted by Crippen LogP contribution is 2.30. The van der Waals surface area contributed by atoms with Gasteiger partial charge in [0.1, 0.15) is 0 Å². The van der Waals surface area contributed by atoms with Crippen LogP contribution in [0.1, 0.15) is 52.4 Å². The average Bonchev–Trinajstić information content (AvgIpc) is 2.24. The van der Waals surface area contributed by atoms with Crippen molar-refractivity contribution < 1.29 is 5.11 Å². The van der Waals surface area contributed by atoms with Crippen molar-refractivity contribution >= 4 is 0 Å². The van der Waals surface area contributed by atoms with E-state index in [9.17, 15) is 0 Å². The van der Waals surface area contributed by atoms with E-state index in [1.807, 2.05) is 0 Å². The molecule has 0 bridgehead atoms. The Kier molecular flexibility index (Phi) is 6.45. The molecule has 0 radical (unpaired) electrons. The number of nitrogens with zero attached hydrogens (tertiary/aromatic N) is 1. The van der Waals surface area contributed by atoms with Crippen molar-refractivity contribution in [3.8, 4) is 0 Å². The van der Waals surface area contributed by atoms with Gasteiger partial charge >= 0.3 is 0 Å². The molecule has 0 amide bonds. The lowest BCUT2D eigenvalue weighted by Gasteiger charge is -2.43. The number of hydrogen-bond donors (Lipinski definition) is 2. The molecule has 0 spiro atoms. The molecule has 1 aliphatic rings. The Labute approximate surface area is 106 Å². The summed E-state index contributed by atoms with van der Waals surface area (Å²) in [5.41, 5.74) is 6.20. The minimum Gasteiger partial charge on any atom is -0.396 e. The van der Waals surface area contributed by atoms with Crippen LogP contribution in [0.25, 0.3) is 0 Å². The second-order valence-electron chi connectivity index (χ2n) is 5.90. The van der Waals surface area contributed by atoms with Gasteiger partial charge in [0.25, 0.3) is 0 Å². The van der Waals surface area contributed by atoms with Crippen LogP contribution in [0.3, 0.4) is 0 Å². The molecular weight excluding hydrogens is 212 g/mol.